The number of unbranched alkanes of at least 4 members (excludes halogenated alkanes) is 4. The van der Waals surface area contributed by atoms with E-state index in [1.807, 2.05) is 0 Å². The SMILES string of the molecule is C=CC(=O)OCCCCCCOc1ccc(C(=O)Oc2ccc(C(=O)Oc3ccc(OC(=O)c4ccc(OC(=O)c5ccc(OCCCCOC(=O)C=C)cc5)cc4)c(C)c3)cc2)cc1. The van der Waals surface area contributed by atoms with E-state index >= 15 is 0 Å². The van der Waals surface area contributed by atoms with Crippen LogP contribution in [0.1, 0.15) is 85.5 Å². The highest BCUT2D eigenvalue weighted by molar-refractivity contribution is 5.94. The van der Waals surface area contributed by atoms with Crippen LogP contribution < -0.4 is 28.4 Å². The first-order valence-electron chi connectivity index (χ1n) is 20.7. The van der Waals surface area contributed by atoms with E-state index in [9.17, 15) is 28.8 Å². The Bertz CT molecular complexity index is 2420. The van der Waals surface area contributed by atoms with Gasteiger partial charge in [0.05, 0.1) is 48.7 Å². The molecule has 0 saturated heterocycles. The third kappa shape index (κ3) is 16.0. The third-order valence-electron chi connectivity index (χ3n) is 9.28. The van der Waals surface area contributed by atoms with Gasteiger partial charge >= 0.3 is 35.8 Å². The lowest BCUT2D eigenvalue weighted by Crippen LogP contribution is -2.11. The Labute approximate surface area is 376 Å². The van der Waals surface area contributed by atoms with Crippen molar-refractivity contribution >= 4 is 35.8 Å². The van der Waals surface area contributed by atoms with Crippen LogP contribution in [0, 0.1) is 6.92 Å². The third-order valence-corrected chi connectivity index (χ3v) is 9.28. The molecule has 0 radical (unpaired) electrons. The quantitative estimate of drug-likeness (QED) is 0.0248. The molecule has 0 unspecified atom stereocenters. The average Bonchev–Trinajstić information content (AvgIpc) is 3.32. The van der Waals surface area contributed by atoms with E-state index in [2.05, 4.69) is 13.2 Å². The van der Waals surface area contributed by atoms with Gasteiger partial charge in [0.25, 0.3) is 0 Å². The number of ether oxygens (including phenoxy) is 8. The summed E-state index contributed by atoms with van der Waals surface area (Å²) in [5, 5.41) is 0. The van der Waals surface area contributed by atoms with Crippen molar-refractivity contribution in [2.24, 2.45) is 0 Å². The van der Waals surface area contributed by atoms with E-state index in [0.717, 1.165) is 37.8 Å². The van der Waals surface area contributed by atoms with E-state index in [0.29, 0.717) is 60.9 Å². The van der Waals surface area contributed by atoms with Crippen LogP contribution in [0.15, 0.2) is 141 Å². The molecule has 0 N–H and O–H groups in total. The fourth-order valence-corrected chi connectivity index (χ4v) is 5.75. The molecule has 14 heteroatoms. The molecule has 336 valence electrons. The molecule has 0 saturated carbocycles. The first-order chi connectivity index (χ1) is 31.5. The van der Waals surface area contributed by atoms with Gasteiger partial charge in [0, 0.05) is 12.2 Å². The largest absolute Gasteiger partial charge is 0.494 e. The molecular weight excluding hydrogens is 837 g/mol. The summed E-state index contributed by atoms with van der Waals surface area (Å²) >= 11 is 0. The Hall–Kier alpha value is -8.00. The summed E-state index contributed by atoms with van der Waals surface area (Å²) in [6.45, 7) is 9.95. The van der Waals surface area contributed by atoms with Crippen LogP contribution in [0.25, 0.3) is 0 Å². The molecule has 65 heavy (non-hydrogen) atoms. The standard InChI is InChI=1S/C51H48O14/c1-4-46(52)60-32-9-7-6-8-30-58-40-20-12-36(13-21-40)48(54)62-42-24-16-38(17-25-42)50(56)64-44-28-29-45(35(3)34-44)65-51(57)39-18-26-43(27-19-39)63-49(55)37-14-22-41(23-15-37)59-31-10-11-33-61-47(53)5-2/h4-5,12-29,34H,1-2,6-11,30-33H2,3H3. The Balaban J connectivity index is 1.01. The molecular formula is C51H48O14. The number of carbonyl (C=O) groups is 6. The van der Waals surface area contributed by atoms with Crippen molar-refractivity contribution in [2.45, 2.75) is 45.4 Å². The summed E-state index contributed by atoms with van der Waals surface area (Å²) in [7, 11) is 0. The fraction of sp³-hybridized carbons (Fsp3) is 0.216. The lowest BCUT2D eigenvalue weighted by atomic mass is 10.2. The van der Waals surface area contributed by atoms with E-state index in [-0.39, 0.29) is 40.7 Å². The zero-order valence-corrected chi connectivity index (χ0v) is 35.8. The maximum atomic E-state index is 13.0. The normalized spacial score (nSPS) is 10.4. The second-order valence-corrected chi connectivity index (χ2v) is 14.1. The lowest BCUT2D eigenvalue weighted by Gasteiger charge is -2.11. The van der Waals surface area contributed by atoms with Crippen LogP contribution in [0.2, 0.25) is 0 Å². The highest BCUT2D eigenvalue weighted by Gasteiger charge is 2.16. The van der Waals surface area contributed by atoms with E-state index in [1.54, 1.807) is 61.5 Å². The Kier molecular flexibility index (Phi) is 18.6. The summed E-state index contributed by atoms with van der Waals surface area (Å²) in [4.78, 5) is 73.5. The molecule has 0 bridgehead atoms. The van der Waals surface area contributed by atoms with Crippen molar-refractivity contribution < 1.29 is 66.7 Å². The Morgan fingerprint density at radius 1 is 0.400 bits per heavy atom. The molecule has 14 nitrogen and oxygen atoms in total. The molecule has 0 amide bonds. The molecule has 0 fully saturated rings. The monoisotopic (exact) mass is 884 g/mol. The van der Waals surface area contributed by atoms with Crippen molar-refractivity contribution in [3.05, 3.63) is 168 Å². The van der Waals surface area contributed by atoms with Crippen LogP contribution in [0.5, 0.6) is 34.5 Å². The molecule has 0 aliphatic carbocycles. The molecule has 5 rings (SSSR count). The van der Waals surface area contributed by atoms with Gasteiger partial charge in [0.2, 0.25) is 0 Å². The van der Waals surface area contributed by atoms with Gasteiger partial charge in [-0.15, -0.1) is 0 Å². The van der Waals surface area contributed by atoms with Crippen molar-refractivity contribution in [3.63, 3.8) is 0 Å². The van der Waals surface area contributed by atoms with Crippen molar-refractivity contribution in [1.29, 1.82) is 0 Å². The van der Waals surface area contributed by atoms with Gasteiger partial charge in [-0.2, -0.15) is 0 Å². The van der Waals surface area contributed by atoms with Gasteiger partial charge in [0.15, 0.2) is 0 Å². The first-order valence-corrected chi connectivity index (χ1v) is 20.7. The second kappa shape index (κ2) is 25.2. The van der Waals surface area contributed by atoms with E-state index in [1.165, 1.54) is 60.7 Å². The minimum absolute atomic E-state index is 0.208. The Morgan fingerprint density at radius 3 is 1.12 bits per heavy atom. The van der Waals surface area contributed by atoms with Crippen LogP contribution in [-0.4, -0.2) is 62.2 Å². The molecule has 0 atom stereocenters. The molecule has 0 aliphatic heterocycles. The highest BCUT2D eigenvalue weighted by Crippen LogP contribution is 2.26. The van der Waals surface area contributed by atoms with Gasteiger partial charge in [0.1, 0.15) is 34.5 Å². The molecule has 0 aliphatic rings. The summed E-state index contributed by atoms with van der Waals surface area (Å²) in [5.41, 5.74) is 1.56. The predicted octanol–water partition coefficient (Wildman–Crippen LogP) is 9.43. The lowest BCUT2D eigenvalue weighted by molar-refractivity contribution is -0.138. The number of aryl methyl sites for hydroxylation is 1. The summed E-state index contributed by atoms with van der Waals surface area (Å²) in [5.74, 6) is -1.29. The van der Waals surface area contributed by atoms with Gasteiger partial charge in [-0.1, -0.05) is 13.2 Å². The minimum atomic E-state index is -0.655. The predicted molar refractivity (Wildman–Crippen MR) is 238 cm³/mol. The number of carbonyl (C=O) groups excluding carboxylic acids is 6. The number of esters is 6. The molecule has 0 aromatic heterocycles. The molecule has 5 aromatic rings. The van der Waals surface area contributed by atoms with Crippen molar-refractivity contribution in [2.75, 3.05) is 26.4 Å². The van der Waals surface area contributed by atoms with E-state index < -0.39 is 35.8 Å². The minimum Gasteiger partial charge on any atom is -0.494 e. The van der Waals surface area contributed by atoms with Gasteiger partial charge in [-0.05, 0) is 166 Å². The maximum absolute atomic E-state index is 13.0. The molecule has 0 spiro atoms. The zero-order valence-electron chi connectivity index (χ0n) is 35.8. The number of hydrogen-bond acceptors (Lipinski definition) is 14. The molecule has 5 aromatic carbocycles. The number of hydrogen-bond donors (Lipinski definition) is 0. The van der Waals surface area contributed by atoms with E-state index in [4.69, 9.17) is 37.9 Å². The van der Waals surface area contributed by atoms with Gasteiger partial charge in [-0.25, -0.2) is 28.8 Å². The molecule has 0 heterocycles. The Morgan fingerprint density at radius 2 is 0.723 bits per heavy atom. The van der Waals surface area contributed by atoms with Gasteiger partial charge in [-0.3, -0.25) is 0 Å². The maximum Gasteiger partial charge on any atom is 0.343 e. The number of rotatable bonds is 24. The topological polar surface area (TPSA) is 176 Å². The van der Waals surface area contributed by atoms with Crippen molar-refractivity contribution in [1.82, 2.24) is 0 Å². The van der Waals surface area contributed by atoms with Crippen LogP contribution in [0.3, 0.4) is 0 Å². The average molecular weight is 885 g/mol. The summed E-state index contributed by atoms with van der Waals surface area (Å²) in [6, 6.07) is 29.3. The zero-order chi connectivity index (χ0) is 46.4. The van der Waals surface area contributed by atoms with Crippen molar-refractivity contribution in [3.8, 4) is 34.5 Å². The van der Waals surface area contributed by atoms with Gasteiger partial charge < -0.3 is 37.9 Å². The number of benzene rings is 5. The highest BCUT2D eigenvalue weighted by atomic mass is 16.6. The second-order valence-electron chi connectivity index (χ2n) is 14.1. The summed E-state index contributed by atoms with van der Waals surface area (Å²) < 4.78 is 43.3. The fourth-order valence-electron chi connectivity index (χ4n) is 5.75. The summed E-state index contributed by atoms with van der Waals surface area (Å²) in [6.07, 6.45) is 6.98. The smallest absolute Gasteiger partial charge is 0.343 e. The van der Waals surface area contributed by atoms with Crippen LogP contribution in [-0.2, 0) is 19.1 Å². The van der Waals surface area contributed by atoms with Crippen LogP contribution in [0.4, 0.5) is 0 Å². The van der Waals surface area contributed by atoms with Crippen LogP contribution >= 0.6 is 0 Å². The first kappa shape index (κ1) is 48.0.